The zero-order valence-electron chi connectivity index (χ0n) is 9.56. The van der Waals surface area contributed by atoms with Crippen molar-refractivity contribution in [1.29, 1.82) is 0 Å². The number of aromatic nitrogens is 1. The van der Waals surface area contributed by atoms with Crippen LogP contribution in [0.2, 0.25) is 0 Å². The molecule has 0 aliphatic heterocycles. The quantitative estimate of drug-likeness (QED) is 0.780. The summed E-state index contributed by atoms with van der Waals surface area (Å²) in [7, 11) is 0. The first-order valence-corrected chi connectivity index (χ1v) is 5.38. The highest BCUT2D eigenvalue weighted by Gasteiger charge is 2.11. The zero-order chi connectivity index (χ0) is 14.0. The molecule has 0 aliphatic carbocycles. The van der Waals surface area contributed by atoms with Crippen LogP contribution in [0.3, 0.4) is 0 Å². The summed E-state index contributed by atoms with van der Waals surface area (Å²) in [5.74, 6) is 0. The number of nitrogens with zero attached hydrogens (tertiary/aromatic N) is 1. The summed E-state index contributed by atoms with van der Waals surface area (Å²) in [4.78, 5) is 11.7. The van der Waals surface area contributed by atoms with Gasteiger partial charge in [-0.1, -0.05) is 12.1 Å². The molecule has 0 amide bonds. The van der Waals surface area contributed by atoms with E-state index in [0.717, 1.165) is 29.0 Å². The number of hydrogen-bond donors (Lipinski definition) is 0. The molecule has 0 unspecified atom stereocenters. The number of rotatable bonds is 3. The predicted molar refractivity (Wildman–Crippen MR) is 62.0 cm³/mol. The smallest absolute Gasteiger partial charge is 0.264 e. The molecule has 0 atom stereocenters. The Balaban J connectivity index is 2.48. The second-order valence-corrected chi connectivity index (χ2v) is 3.86. The Morgan fingerprint density at radius 3 is 2.11 bits per heavy atom. The predicted octanol–water partition coefficient (Wildman–Crippen LogP) is 3.71. The molecule has 0 spiro atoms. The van der Waals surface area contributed by atoms with E-state index in [1.54, 1.807) is 0 Å². The molecule has 2 aromatic rings. The van der Waals surface area contributed by atoms with Gasteiger partial charge in [-0.3, -0.25) is 9.36 Å². The van der Waals surface area contributed by atoms with E-state index in [0.29, 0.717) is 0 Å². The van der Waals surface area contributed by atoms with Gasteiger partial charge in [0.25, 0.3) is 18.4 Å². The Kier molecular flexibility index (Phi) is 3.69. The topological polar surface area (TPSA) is 22.0 Å². The van der Waals surface area contributed by atoms with Gasteiger partial charge in [0.2, 0.25) is 0 Å². The third-order valence-corrected chi connectivity index (χ3v) is 2.60. The average Bonchev–Trinajstić information content (AvgIpc) is 2.38. The van der Waals surface area contributed by atoms with Gasteiger partial charge in [0.1, 0.15) is 0 Å². The molecule has 1 heterocycles. The van der Waals surface area contributed by atoms with Crippen molar-refractivity contribution in [3.8, 4) is 5.69 Å². The first-order chi connectivity index (χ1) is 8.99. The highest BCUT2D eigenvalue weighted by atomic mass is 19.3. The van der Waals surface area contributed by atoms with E-state index in [2.05, 4.69) is 0 Å². The van der Waals surface area contributed by atoms with E-state index in [-0.39, 0.29) is 11.3 Å². The van der Waals surface area contributed by atoms with Crippen LogP contribution in [0.15, 0.2) is 47.4 Å². The van der Waals surface area contributed by atoms with Crippen LogP contribution in [0, 0.1) is 0 Å². The van der Waals surface area contributed by atoms with Gasteiger partial charge in [0.15, 0.2) is 0 Å². The Morgan fingerprint density at radius 1 is 0.895 bits per heavy atom. The maximum absolute atomic E-state index is 12.5. The van der Waals surface area contributed by atoms with E-state index in [1.165, 1.54) is 18.2 Å². The van der Waals surface area contributed by atoms with Crippen LogP contribution in [-0.2, 0) is 0 Å². The molecule has 0 aliphatic rings. The molecular weight excluding hydrogens is 262 g/mol. The number of benzene rings is 1. The normalized spacial score (nSPS) is 11.3. The lowest BCUT2D eigenvalue weighted by atomic mass is 10.2. The van der Waals surface area contributed by atoms with Crippen LogP contribution in [0.25, 0.3) is 5.69 Å². The summed E-state index contributed by atoms with van der Waals surface area (Å²) < 4.78 is 50.9. The highest BCUT2D eigenvalue weighted by Crippen LogP contribution is 2.21. The summed E-state index contributed by atoms with van der Waals surface area (Å²) in [6, 6.07) is 7.08. The van der Waals surface area contributed by atoms with Crippen LogP contribution >= 0.6 is 0 Å². The summed E-state index contributed by atoms with van der Waals surface area (Å²) >= 11 is 0. The third-order valence-electron chi connectivity index (χ3n) is 2.60. The lowest BCUT2D eigenvalue weighted by Crippen LogP contribution is -2.17. The Hall–Kier alpha value is -2.11. The molecule has 2 nitrogen and oxygen atoms in total. The molecule has 0 fully saturated rings. The van der Waals surface area contributed by atoms with Crippen molar-refractivity contribution in [2.24, 2.45) is 0 Å². The van der Waals surface area contributed by atoms with Crippen molar-refractivity contribution >= 4 is 0 Å². The summed E-state index contributed by atoms with van der Waals surface area (Å²) in [5, 5.41) is 0. The largest absolute Gasteiger partial charge is 0.284 e. The molecule has 1 aromatic heterocycles. The molecule has 0 saturated carbocycles. The standard InChI is InChI=1S/C13H9F4NO/c14-12(15)8-2-1-3-10(6-8)18-5-4-9(13(16)17)7-11(18)19/h1-7,12-13H. The Bertz CT molecular complexity index is 637. The molecule has 0 radical (unpaired) electrons. The fraction of sp³-hybridized carbons (Fsp3) is 0.154. The molecule has 6 heteroatoms. The van der Waals surface area contributed by atoms with E-state index >= 15 is 0 Å². The van der Waals surface area contributed by atoms with Crippen LogP contribution in [0.4, 0.5) is 17.6 Å². The minimum absolute atomic E-state index is 0.212. The van der Waals surface area contributed by atoms with E-state index in [1.807, 2.05) is 0 Å². The van der Waals surface area contributed by atoms with Gasteiger partial charge < -0.3 is 0 Å². The minimum atomic E-state index is -2.74. The van der Waals surface area contributed by atoms with Gasteiger partial charge in [-0.2, -0.15) is 0 Å². The van der Waals surface area contributed by atoms with Gasteiger partial charge in [-0.25, -0.2) is 17.6 Å². The molecule has 0 N–H and O–H groups in total. The summed E-state index contributed by atoms with van der Waals surface area (Å²) in [6.45, 7) is 0. The van der Waals surface area contributed by atoms with Gasteiger partial charge in [-0.05, 0) is 18.2 Å². The molecule has 2 rings (SSSR count). The number of hydrogen-bond acceptors (Lipinski definition) is 1. The van der Waals surface area contributed by atoms with Crippen molar-refractivity contribution < 1.29 is 17.6 Å². The fourth-order valence-corrected chi connectivity index (χ4v) is 1.65. The van der Waals surface area contributed by atoms with E-state index in [9.17, 15) is 22.4 Å². The Labute approximate surface area is 105 Å². The van der Waals surface area contributed by atoms with Gasteiger partial charge in [-0.15, -0.1) is 0 Å². The van der Waals surface area contributed by atoms with Crippen molar-refractivity contribution in [3.05, 3.63) is 64.1 Å². The number of pyridine rings is 1. The number of alkyl halides is 4. The second-order valence-electron chi connectivity index (χ2n) is 3.86. The molecule has 1 aromatic carbocycles. The Morgan fingerprint density at radius 2 is 1.53 bits per heavy atom. The monoisotopic (exact) mass is 271 g/mol. The van der Waals surface area contributed by atoms with Gasteiger partial charge in [0.05, 0.1) is 0 Å². The highest BCUT2D eigenvalue weighted by molar-refractivity contribution is 5.37. The summed E-state index contributed by atoms with van der Waals surface area (Å²) in [5.41, 5.74) is -1.11. The molecular formula is C13H9F4NO. The van der Waals surface area contributed by atoms with Gasteiger partial charge in [0, 0.05) is 29.1 Å². The first-order valence-electron chi connectivity index (χ1n) is 5.38. The van der Waals surface area contributed by atoms with Crippen molar-refractivity contribution in [3.63, 3.8) is 0 Å². The maximum atomic E-state index is 12.5. The fourth-order valence-electron chi connectivity index (χ4n) is 1.65. The van der Waals surface area contributed by atoms with Crippen LogP contribution < -0.4 is 5.56 Å². The average molecular weight is 271 g/mol. The first kappa shape index (κ1) is 13.3. The van der Waals surface area contributed by atoms with Crippen molar-refractivity contribution in [2.45, 2.75) is 12.9 Å². The lowest BCUT2D eigenvalue weighted by molar-refractivity contribution is 0.151. The van der Waals surface area contributed by atoms with Crippen LogP contribution in [0.1, 0.15) is 24.0 Å². The van der Waals surface area contributed by atoms with Crippen LogP contribution in [-0.4, -0.2) is 4.57 Å². The molecule has 0 bridgehead atoms. The molecule has 19 heavy (non-hydrogen) atoms. The lowest BCUT2D eigenvalue weighted by Gasteiger charge is -2.08. The SMILES string of the molecule is O=c1cc(C(F)F)ccn1-c1cccc(C(F)F)c1. The molecule has 0 saturated heterocycles. The van der Waals surface area contributed by atoms with Crippen LogP contribution in [0.5, 0.6) is 0 Å². The van der Waals surface area contributed by atoms with E-state index < -0.39 is 24.0 Å². The minimum Gasteiger partial charge on any atom is -0.284 e. The van der Waals surface area contributed by atoms with E-state index in [4.69, 9.17) is 0 Å². The third kappa shape index (κ3) is 2.83. The molecule has 100 valence electrons. The van der Waals surface area contributed by atoms with Crippen molar-refractivity contribution in [1.82, 2.24) is 4.57 Å². The maximum Gasteiger partial charge on any atom is 0.264 e. The van der Waals surface area contributed by atoms with Gasteiger partial charge >= 0.3 is 0 Å². The second kappa shape index (κ2) is 5.26. The van der Waals surface area contributed by atoms with Crippen molar-refractivity contribution in [2.75, 3.05) is 0 Å². The zero-order valence-corrected chi connectivity index (χ0v) is 9.56. The number of halogens is 4. The summed E-state index contributed by atoms with van der Waals surface area (Å²) in [6.07, 6.45) is -4.25.